The van der Waals surface area contributed by atoms with Crippen LogP contribution < -0.4 is 14.5 Å². The van der Waals surface area contributed by atoms with Crippen LogP contribution in [0.5, 0.6) is 11.5 Å². The molecular weight excluding hydrogens is 621 g/mol. The smallest absolute Gasteiger partial charge is 0.151 e. The van der Waals surface area contributed by atoms with E-state index in [9.17, 15) is 0 Å². The van der Waals surface area contributed by atoms with E-state index in [0.717, 1.165) is 39.9 Å². The van der Waals surface area contributed by atoms with Crippen LogP contribution in [0.25, 0.3) is 32.7 Å². The summed E-state index contributed by atoms with van der Waals surface area (Å²) in [6.45, 7) is 6.85. The molecule has 3 heteroatoms. The standard InChI is InChI=1S/C48H36N2O/c1-31-11-8-19-44-46(31)50-43-28-24-36(30-41(43)48(2,3)40-17-10-20-45(51-44)47(40)50)33-21-25-37(26-22-33)49(38-27-23-32-12-4-5-14-35(32)29-38)42-18-9-15-34-13-6-7-16-39(34)42/h4-30H,1-3H3. The van der Waals surface area contributed by atoms with Crippen molar-refractivity contribution < 1.29 is 4.74 Å². The summed E-state index contributed by atoms with van der Waals surface area (Å²) in [4.78, 5) is 4.82. The molecule has 51 heavy (non-hydrogen) atoms. The van der Waals surface area contributed by atoms with Crippen molar-refractivity contribution >= 4 is 55.7 Å². The minimum absolute atomic E-state index is 0.224. The van der Waals surface area contributed by atoms with Gasteiger partial charge in [-0.1, -0.05) is 123 Å². The van der Waals surface area contributed by atoms with Crippen LogP contribution in [0.4, 0.5) is 34.1 Å². The highest BCUT2D eigenvalue weighted by Crippen LogP contribution is 2.60. The molecule has 10 rings (SSSR count). The van der Waals surface area contributed by atoms with Gasteiger partial charge in [0.15, 0.2) is 11.5 Å². The largest absolute Gasteiger partial charge is 0.453 e. The molecule has 0 aromatic heterocycles. The second-order valence-electron chi connectivity index (χ2n) is 14.3. The summed E-state index contributed by atoms with van der Waals surface area (Å²) in [6, 6.07) is 59.4. The van der Waals surface area contributed by atoms with Crippen LogP contribution in [-0.4, -0.2) is 0 Å². The van der Waals surface area contributed by atoms with Crippen LogP contribution in [0.15, 0.2) is 164 Å². The number of hydrogen-bond acceptors (Lipinski definition) is 3. The van der Waals surface area contributed by atoms with E-state index in [2.05, 4.69) is 194 Å². The van der Waals surface area contributed by atoms with Crippen molar-refractivity contribution in [1.29, 1.82) is 0 Å². The van der Waals surface area contributed by atoms with E-state index in [1.807, 2.05) is 0 Å². The lowest BCUT2D eigenvalue weighted by molar-refractivity contribution is 0.471. The van der Waals surface area contributed by atoms with Gasteiger partial charge in [0.1, 0.15) is 0 Å². The molecule has 0 saturated heterocycles. The van der Waals surface area contributed by atoms with Gasteiger partial charge in [-0.2, -0.15) is 0 Å². The summed E-state index contributed by atoms with van der Waals surface area (Å²) in [5, 5.41) is 4.90. The molecule has 0 atom stereocenters. The van der Waals surface area contributed by atoms with Gasteiger partial charge in [-0.05, 0) is 105 Å². The fourth-order valence-electron chi connectivity index (χ4n) is 8.32. The molecule has 0 spiro atoms. The molecule has 0 radical (unpaired) electrons. The van der Waals surface area contributed by atoms with Crippen molar-refractivity contribution in [2.75, 3.05) is 9.80 Å². The predicted molar refractivity (Wildman–Crippen MR) is 213 cm³/mol. The van der Waals surface area contributed by atoms with Crippen molar-refractivity contribution in [2.45, 2.75) is 26.2 Å². The number of para-hydroxylation sites is 2. The van der Waals surface area contributed by atoms with Gasteiger partial charge in [-0.25, -0.2) is 0 Å². The summed E-state index contributed by atoms with van der Waals surface area (Å²) < 4.78 is 6.50. The Morgan fingerprint density at radius 2 is 1.18 bits per heavy atom. The fourth-order valence-corrected chi connectivity index (χ4v) is 8.32. The van der Waals surface area contributed by atoms with Crippen LogP contribution in [0, 0.1) is 6.92 Å². The summed E-state index contributed by atoms with van der Waals surface area (Å²) >= 11 is 0. The molecule has 0 amide bonds. The third-order valence-electron chi connectivity index (χ3n) is 10.9. The lowest BCUT2D eigenvalue weighted by atomic mass is 9.72. The molecule has 2 aliphatic heterocycles. The summed E-state index contributed by atoms with van der Waals surface area (Å²) in [7, 11) is 0. The Morgan fingerprint density at radius 1 is 0.510 bits per heavy atom. The minimum atomic E-state index is -0.224. The van der Waals surface area contributed by atoms with E-state index < -0.39 is 0 Å². The number of ether oxygens (including phenoxy) is 1. The van der Waals surface area contributed by atoms with E-state index in [1.54, 1.807) is 0 Å². The zero-order valence-electron chi connectivity index (χ0n) is 28.9. The molecule has 2 heterocycles. The van der Waals surface area contributed by atoms with Gasteiger partial charge in [0.2, 0.25) is 0 Å². The Balaban J connectivity index is 1.10. The first-order chi connectivity index (χ1) is 25.0. The van der Waals surface area contributed by atoms with Crippen molar-refractivity contribution in [3.63, 3.8) is 0 Å². The van der Waals surface area contributed by atoms with Crippen LogP contribution in [0.1, 0.15) is 30.5 Å². The van der Waals surface area contributed by atoms with Crippen molar-refractivity contribution in [3.8, 4) is 22.6 Å². The first kappa shape index (κ1) is 29.6. The highest BCUT2D eigenvalue weighted by atomic mass is 16.5. The van der Waals surface area contributed by atoms with Crippen LogP contribution in [0.3, 0.4) is 0 Å². The third kappa shape index (κ3) is 4.51. The molecule has 2 aliphatic rings. The maximum absolute atomic E-state index is 6.50. The molecule has 0 fully saturated rings. The van der Waals surface area contributed by atoms with Gasteiger partial charge in [0.05, 0.1) is 22.7 Å². The number of benzene rings is 8. The van der Waals surface area contributed by atoms with Gasteiger partial charge in [-0.3, -0.25) is 0 Å². The Hall–Kier alpha value is -6.32. The highest BCUT2D eigenvalue weighted by Gasteiger charge is 2.42. The number of fused-ring (bicyclic) bond motifs is 6. The molecule has 0 aliphatic carbocycles. The van der Waals surface area contributed by atoms with Gasteiger partial charge in [0.25, 0.3) is 0 Å². The normalized spacial score (nSPS) is 13.7. The molecule has 0 unspecified atom stereocenters. The predicted octanol–water partition coefficient (Wildman–Crippen LogP) is 13.7. The van der Waals surface area contributed by atoms with E-state index >= 15 is 0 Å². The van der Waals surface area contributed by atoms with Gasteiger partial charge in [0, 0.05) is 22.2 Å². The Kier molecular flexibility index (Phi) is 6.44. The van der Waals surface area contributed by atoms with Crippen molar-refractivity contribution in [2.24, 2.45) is 0 Å². The lowest BCUT2D eigenvalue weighted by Gasteiger charge is -2.45. The maximum atomic E-state index is 6.50. The summed E-state index contributed by atoms with van der Waals surface area (Å²) in [5.41, 5.74) is 12.8. The summed E-state index contributed by atoms with van der Waals surface area (Å²) in [5.74, 6) is 1.80. The minimum Gasteiger partial charge on any atom is -0.453 e. The zero-order valence-corrected chi connectivity index (χ0v) is 28.9. The van der Waals surface area contributed by atoms with Gasteiger partial charge in [-0.15, -0.1) is 0 Å². The number of rotatable bonds is 4. The average Bonchev–Trinajstić information content (AvgIpc) is 3.17. The topological polar surface area (TPSA) is 15.7 Å². The highest BCUT2D eigenvalue weighted by molar-refractivity contribution is 6.00. The number of anilines is 6. The van der Waals surface area contributed by atoms with E-state index in [1.165, 1.54) is 55.0 Å². The monoisotopic (exact) mass is 656 g/mol. The van der Waals surface area contributed by atoms with Crippen LogP contribution in [-0.2, 0) is 5.41 Å². The Bertz CT molecular complexity index is 2670. The molecule has 8 aromatic rings. The molecule has 0 N–H and O–H groups in total. The maximum Gasteiger partial charge on any atom is 0.151 e. The Morgan fingerprint density at radius 3 is 2.02 bits per heavy atom. The van der Waals surface area contributed by atoms with Crippen molar-refractivity contribution in [3.05, 3.63) is 180 Å². The molecule has 244 valence electrons. The molecule has 8 aromatic carbocycles. The van der Waals surface area contributed by atoms with E-state index in [-0.39, 0.29) is 5.41 Å². The Labute approximate surface area is 298 Å². The lowest BCUT2D eigenvalue weighted by Crippen LogP contribution is -2.32. The number of nitrogens with zero attached hydrogens (tertiary/aromatic N) is 2. The zero-order chi connectivity index (χ0) is 34.3. The third-order valence-corrected chi connectivity index (χ3v) is 10.9. The fraction of sp³-hybridized carbons (Fsp3) is 0.0833. The second-order valence-corrected chi connectivity index (χ2v) is 14.3. The van der Waals surface area contributed by atoms with Crippen LogP contribution >= 0.6 is 0 Å². The van der Waals surface area contributed by atoms with Crippen LogP contribution in [0.2, 0.25) is 0 Å². The average molecular weight is 657 g/mol. The summed E-state index contributed by atoms with van der Waals surface area (Å²) in [6.07, 6.45) is 0. The van der Waals surface area contributed by atoms with E-state index in [4.69, 9.17) is 4.74 Å². The first-order valence-electron chi connectivity index (χ1n) is 17.7. The molecular formula is C48H36N2O. The molecule has 0 bridgehead atoms. The quantitative estimate of drug-likeness (QED) is 0.187. The SMILES string of the molecule is Cc1cccc2c1N1c3ccc(-c4ccc(N(c5ccc6ccccc6c5)c5cccc6ccccc56)cc4)cc3C(C)(C)c3cccc(c31)O2. The molecule has 3 nitrogen and oxygen atoms in total. The number of hydrogen-bond donors (Lipinski definition) is 0. The van der Waals surface area contributed by atoms with Gasteiger partial charge >= 0.3 is 0 Å². The first-order valence-corrected chi connectivity index (χ1v) is 17.7. The van der Waals surface area contributed by atoms with Crippen molar-refractivity contribution in [1.82, 2.24) is 0 Å². The van der Waals surface area contributed by atoms with E-state index in [0.29, 0.717) is 0 Å². The van der Waals surface area contributed by atoms with Gasteiger partial charge < -0.3 is 14.5 Å². The number of aryl methyl sites for hydroxylation is 1. The molecule has 0 saturated carbocycles. The second kappa shape index (κ2) is 11.1.